The first kappa shape index (κ1) is 11.2. The van der Waals surface area contributed by atoms with Gasteiger partial charge in [0.25, 0.3) is 0 Å². The lowest BCUT2D eigenvalue weighted by Crippen LogP contribution is -2.22. The molecule has 0 aromatic rings. The Bertz CT molecular complexity index is 170. The van der Waals surface area contributed by atoms with E-state index in [-0.39, 0.29) is 5.97 Å². The van der Waals surface area contributed by atoms with Crippen LogP contribution < -0.4 is 0 Å². The molecule has 0 rings (SSSR count). The fourth-order valence-corrected chi connectivity index (χ4v) is 0.960. The summed E-state index contributed by atoms with van der Waals surface area (Å²) in [5.74, 6) is -0.351. The summed E-state index contributed by atoms with van der Waals surface area (Å²) in [5, 5.41) is 0. The standard InChI is InChI=1S/C8H16O3Si/c1-5-10-8(9)6-7-11-12(2,3)4/h6-7H,5H2,1-4H3. The van der Waals surface area contributed by atoms with Crippen LogP contribution in [0.2, 0.25) is 19.6 Å². The first-order chi connectivity index (χ1) is 5.45. The topological polar surface area (TPSA) is 35.5 Å². The molecule has 0 aliphatic heterocycles. The summed E-state index contributed by atoms with van der Waals surface area (Å²) in [6.07, 6.45) is 2.73. The third-order valence-corrected chi connectivity index (χ3v) is 1.76. The summed E-state index contributed by atoms with van der Waals surface area (Å²) in [6, 6.07) is 0. The molecule has 0 aliphatic carbocycles. The Hall–Kier alpha value is -0.773. The molecule has 0 amide bonds. The monoisotopic (exact) mass is 188 g/mol. The third-order valence-electron chi connectivity index (χ3n) is 0.912. The van der Waals surface area contributed by atoms with Crippen LogP contribution in [0.4, 0.5) is 0 Å². The molecule has 0 aromatic heterocycles. The Balaban J connectivity index is 3.69. The lowest BCUT2D eigenvalue weighted by atomic mass is 10.6. The summed E-state index contributed by atoms with van der Waals surface area (Å²) >= 11 is 0. The summed E-state index contributed by atoms with van der Waals surface area (Å²) < 4.78 is 9.97. The molecule has 3 nitrogen and oxygen atoms in total. The molecule has 0 spiro atoms. The Kier molecular flexibility index (Phi) is 4.66. The van der Waals surface area contributed by atoms with Gasteiger partial charge >= 0.3 is 5.97 Å². The van der Waals surface area contributed by atoms with E-state index < -0.39 is 8.32 Å². The molecule has 0 radical (unpaired) electrons. The zero-order chi connectivity index (χ0) is 9.61. The van der Waals surface area contributed by atoms with Crippen molar-refractivity contribution in [1.82, 2.24) is 0 Å². The van der Waals surface area contributed by atoms with Crippen molar-refractivity contribution < 1.29 is 14.0 Å². The Labute approximate surface area is 74.5 Å². The normalized spacial score (nSPS) is 11.7. The highest BCUT2D eigenvalue weighted by Crippen LogP contribution is 2.02. The largest absolute Gasteiger partial charge is 0.549 e. The second-order valence-electron chi connectivity index (χ2n) is 3.29. The van der Waals surface area contributed by atoms with Gasteiger partial charge in [0.05, 0.1) is 18.9 Å². The minimum absolute atomic E-state index is 0.351. The SMILES string of the molecule is CCOC(=O)C=CO[Si](C)(C)C. The molecule has 0 aliphatic rings. The minimum Gasteiger partial charge on any atom is -0.549 e. The van der Waals surface area contributed by atoms with Gasteiger partial charge in [0.2, 0.25) is 8.32 Å². The van der Waals surface area contributed by atoms with Gasteiger partial charge < -0.3 is 9.16 Å². The van der Waals surface area contributed by atoms with Gasteiger partial charge in [-0.2, -0.15) is 0 Å². The summed E-state index contributed by atoms with van der Waals surface area (Å²) in [5.41, 5.74) is 0. The summed E-state index contributed by atoms with van der Waals surface area (Å²) in [4.78, 5) is 10.8. The first-order valence-electron chi connectivity index (χ1n) is 3.97. The predicted molar refractivity (Wildman–Crippen MR) is 50.2 cm³/mol. The van der Waals surface area contributed by atoms with Crippen LogP contribution in [0.1, 0.15) is 6.92 Å². The molecule has 0 bridgehead atoms. The van der Waals surface area contributed by atoms with Crippen molar-refractivity contribution >= 4 is 14.3 Å². The molecule has 0 saturated carbocycles. The van der Waals surface area contributed by atoms with Crippen molar-refractivity contribution in [2.75, 3.05) is 6.61 Å². The minimum atomic E-state index is -1.54. The van der Waals surface area contributed by atoms with Crippen LogP contribution in [0.5, 0.6) is 0 Å². The molecular weight excluding hydrogens is 172 g/mol. The molecule has 0 fully saturated rings. The lowest BCUT2D eigenvalue weighted by molar-refractivity contribution is -0.137. The first-order valence-corrected chi connectivity index (χ1v) is 7.37. The van der Waals surface area contributed by atoms with Gasteiger partial charge in [-0.1, -0.05) is 0 Å². The van der Waals surface area contributed by atoms with Crippen molar-refractivity contribution in [3.05, 3.63) is 12.3 Å². The van der Waals surface area contributed by atoms with Crippen LogP contribution in [0.15, 0.2) is 12.3 Å². The van der Waals surface area contributed by atoms with Gasteiger partial charge in [0, 0.05) is 0 Å². The maximum Gasteiger partial charge on any atom is 0.333 e. The predicted octanol–water partition coefficient (Wildman–Crippen LogP) is 1.91. The van der Waals surface area contributed by atoms with Crippen LogP contribution in [-0.2, 0) is 14.0 Å². The van der Waals surface area contributed by atoms with Gasteiger partial charge in [-0.3, -0.25) is 0 Å². The summed E-state index contributed by atoms with van der Waals surface area (Å²) in [7, 11) is -1.54. The van der Waals surface area contributed by atoms with E-state index >= 15 is 0 Å². The quantitative estimate of drug-likeness (QED) is 0.292. The van der Waals surface area contributed by atoms with Crippen molar-refractivity contribution in [2.24, 2.45) is 0 Å². The van der Waals surface area contributed by atoms with Crippen LogP contribution in [0, 0.1) is 0 Å². The maximum atomic E-state index is 10.8. The van der Waals surface area contributed by atoms with Gasteiger partial charge in [-0.05, 0) is 26.6 Å². The lowest BCUT2D eigenvalue weighted by Gasteiger charge is -2.14. The molecule has 12 heavy (non-hydrogen) atoms. The fourth-order valence-electron chi connectivity index (χ4n) is 0.484. The van der Waals surface area contributed by atoms with Crippen LogP contribution in [-0.4, -0.2) is 20.9 Å². The number of ether oxygens (including phenoxy) is 1. The fraction of sp³-hybridized carbons (Fsp3) is 0.625. The zero-order valence-corrected chi connectivity index (χ0v) is 9.09. The highest BCUT2D eigenvalue weighted by molar-refractivity contribution is 6.69. The van der Waals surface area contributed by atoms with Gasteiger partial charge in [0.1, 0.15) is 0 Å². The van der Waals surface area contributed by atoms with E-state index in [2.05, 4.69) is 4.74 Å². The molecule has 0 atom stereocenters. The van der Waals surface area contributed by atoms with Gasteiger partial charge in [-0.25, -0.2) is 4.79 Å². The van der Waals surface area contributed by atoms with Crippen molar-refractivity contribution in [1.29, 1.82) is 0 Å². The van der Waals surface area contributed by atoms with E-state index in [4.69, 9.17) is 4.43 Å². The van der Waals surface area contributed by atoms with E-state index in [0.717, 1.165) is 0 Å². The average molecular weight is 188 g/mol. The molecule has 0 saturated heterocycles. The van der Waals surface area contributed by atoms with E-state index in [1.165, 1.54) is 12.3 Å². The molecule has 0 heterocycles. The Morgan fingerprint density at radius 2 is 2.00 bits per heavy atom. The van der Waals surface area contributed by atoms with Gasteiger partial charge in [-0.15, -0.1) is 0 Å². The second kappa shape index (κ2) is 4.98. The molecule has 0 N–H and O–H groups in total. The van der Waals surface area contributed by atoms with Crippen LogP contribution in [0.3, 0.4) is 0 Å². The second-order valence-corrected chi connectivity index (χ2v) is 7.75. The van der Waals surface area contributed by atoms with E-state index in [1.807, 2.05) is 19.6 Å². The Morgan fingerprint density at radius 1 is 1.42 bits per heavy atom. The van der Waals surface area contributed by atoms with E-state index in [1.54, 1.807) is 6.92 Å². The van der Waals surface area contributed by atoms with Crippen molar-refractivity contribution in [2.45, 2.75) is 26.6 Å². The van der Waals surface area contributed by atoms with E-state index in [0.29, 0.717) is 6.61 Å². The molecular formula is C8H16O3Si. The molecule has 0 aromatic carbocycles. The van der Waals surface area contributed by atoms with Crippen LogP contribution in [0.25, 0.3) is 0 Å². The van der Waals surface area contributed by atoms with Gasteiger partial charge in [0.15, 0.2) is 0 Å². The third kappa shape index (κ3) is 7.34. The number of rotatable bonds is 4. The summed E-state index contributed by atoms with van der Waals surface area (Å²) in [6.45, 7) is 8.30. The number of carbonyl (C=O) groups is 1. The molecule has 0 unspecified atom stereocenters. The smallest absolute Gasteiger partial charge is 0.333 e. The zero-order valence-electron chi connectivity index (χ0n) is 8.09. The Morgan fingerprint density at radius 3 is 2.42 bits per heavy atom. The number of hydrogen-bond donors (Lipinski definition) is 0. The maximum absolute atomic E-state index is 10.8. The average Bonchev–Trinajstić information content (AvgIpc) is 1.84. The van der Waals surface area contributed by atoms with Crippen molar-refractivity contribution in [3.63, 3.8) is 0 Å². The number of carbonyl (C=O) groups excluding carboxylic acids is 1. The highest BCUT2D eigenvalue weighted by atomic mass is 28.4. The molecule has 4 heteroatoms. The molecule has 70 valence electrons. The highest BCUT2D eigenvalue weighted by Gasteiger charge is 2.12. The van der Waals surface area contributed by atoms with E-state index in [9.17, 15) is 4.79 Å². The number of hydrogen-bond acceptors (Lipinski definition) is 3. The van der Waals surface area contributed by atoms with Crippen molar-refractivity contribution in [3.8, 4) is 0 Å². The van der Waals surface area contributed by atoms with Crippen LogP contribution >= 0.6 is 0 Å². The number of esters is 1.